The van der Waals surface area contributed by atoms with Gasteiger partial charge in [0.05, 0.1) is 15.6 Å². The summed E-state index contributed by atoms with van der Waals surface area (Å²) in [6.07, 6.45) is 3.30. The van der Waals surface area contributed by atoms with Crippen LogP contribution in [0.1, 0.15) is 16.7 Å². The predicted molar refractivity (Wildman–Crippen MR) is 83.6 cm³/mol. The summed E-state index contributed by atoms with van der Waals surface area (Å²) in [5.41, 5.74) is 8.26. The summed E-state index contributed by atoms with van der Waals surface area (Å²) in [7, 11) is -3.66. The second-order valence-corrected chi connectivity index (χ2v) is 6.91. The smallest absolute Gasteiger partial charge is 0.241 e. The van der Waals surface area contributed by atoms with Gasteiger partial charge in [-0.3, -0.25) is 4.98 Å². The fourth-order valence-electron chi connectivity index (χ4n) is 1.89. The van der Waals surface area contributed by atoms with Crippen molar-refractivity contribution in [2.75, 3.05) is 5.73 Å². The molecule has 1 heterocycles. The third kappa shape index (κ3) is 3.53. The lowest BCUT2D eigenvalue weighted by Gasteiger charge is -2.12. The predicted octanol–water partition coefficient (Wildman–Crippen LogP) is 2.41. The average Bonchev–Trinajstić information content (AvgIpc) is 2.42. The molecule has 21 heavy (non-hydrogen) atoms. The zero-order valence-corrected chi connectivity index (χ0v) is 13.3. The molecule has 1 aromatic heterocycles. The van der Waals surface area contributed by atoms with E-state index in [2.05, 4.69) is 9.71 Å². The number of aryl methyl sites for hydroxylation is 2. The molecule has 0 saturated carbocycles. The number of aromatic nitrogens is 1. The number of nitrogens with two attached hydrogens (primary N) is 1. The number of hydrogen-bond acceptors (Lipinski definition) is 4. The van der Waals surface area contributed by atoms with E-state index in [1.165, 1.54) is 6.07 Å². The maximum Gasteiger partial charge on any atom is 0.241 e. The maximum absolute atomic E-state index is 12.4. The minimum Gasteiger partial charge on any atom is -0.397 e. The van der Waals surface area contributed by atoms with Gasteiger partial charge in [0.1, 0.15) is 0 Å². The Morgan fingerprint density at radius 3 is 2.67 bits per heavy atom. The Bertz CT molecular complexity index is 776. The third-order valence-corrected chi connectivity index (χ3v) is 5.05. The summed E-state index contributed by atoms with van der Waals surface area (Å²) in [6.45, 7) is 3.75. The van der Waals surface area contributed by atoms with Crippen LogP contribution in [0.15, 0.2) is 35.5 Å². The Labute approximate surface area is 129 Å². The number of nitrogens with one attached hydrogen (secondary N) is 1. The van der Waals surface area contributed by atoms with Gasteiger partial charge in [-0.15, -0.1) is 0 Å². The standard InChI is InChI=1S/C14H16ClN3O2S/c1-9-3-4-17-7-11(9)8-18-21(19,20)14-6-13(16)12(15)5-10(14)2/h3-7,18H,8,16H2,1-2H3. The highest BCUT2D eigenvalue weighted by atomic mass is 35.5. The number of nitrogen functional groups attached to an aromatic ring is 1. The molecule has 112 valence electrons. The molecule has 0 unspecified atom stereocenters. The molecule has 3 N–H and O–H groups in total. The van der Waals surface area contributed by atoms with E-state index in [1.807, 2.05) is 13.0 Å². The monoisotopic (exact) mass is 325 g/mol. The van der Waals surface area contributed by atoms with Crippen molar-refractivity contribution < 1.29 is 8.42 Å². The molecule has 0 fully saturated rings. The number of benzene rings is 1. The highest BCUT2D eigenvalue weighted by Crippen LogP contribution is 2.26. The molecule has 0 amide bonds. The van der Waals surface area contributed by atoms with Crippen molar-refractivity contribution in [2.24, 2.45) is 0 Å². The van der Waals surface area contributed by atoms with Crippen LogP contribution in [0, 0.1) is 13.8 Å². The molecule has 2 aromatic rings. The van der Waals surface area contributed by atoms with Gasteiger partial charge in [0.15, 0.2) is 0 Å². The second-order valence-electron chi connectivity index (χ2n) is 4.77. The fourth-order valence-corrected chi connectivity index (χ4v) is 3.37. The molecule has 0 bridgehead atoms. The fraction of sp³-hybridized carbons (Fsp3) is 0.214. The van der Waals surface area contributed by atoms with E-state index >= 15 is 0 Å². The quantitative estimate of drug-likeness (QED) is 0.845. The molecule has 0 radical (unpaired) electrons. The lowest BCUT2D eigenvalue weighted by Crippen LogP contribution is -2.24. The molecule has 2 rings (SSSR count). The highest BCUT2D eigenvalue weighted by molar-refractivity contribution is 7.89. The van der Waals surface area contributed by atoms with Crippen LogP contribution in [-0.2, 0) is 16.6 Å². The van der Waals surface area contributed by atoms with Crippen LogP contribution in [0.3, 0.4) is 0 Å². The number of halogens is 1. The van der Waals surface area contributed by atoms with Crippen molar-refractivity contribution in [2.45, 2.75) is 25.3 Å². The van der Waals surface area contributed by atoms with E-state index in [9.17, 15) is 8.42 Å². The van der Waals surface area contributed by atoms with Crippen molar-refractivity contribution in [1.82, 2.24) is 9.71 Å². The van der Waals surface area contributed by atoms with E-state index in [4.69, 9.17) is 17.3 Å². The molecule has 5 nitrogen and oxygen atoms in total. The summed E-state index contributed by atoms with van der Waals surface area (Å²) >= 11 is 5.88. The Balaban J connectivity index is 2.27. The largest absolute Gasteiger partial charge is 0.397 e. The summed E-state index contributed by atoms with van der Waals surface area (Å²) in [4.78, 5) is 4.12. The molecule has 0 atom stereocenters. The number of pyridine rings is 1. The first-order valence-corrected chi connectivity index (χ1v) is 8.12. The number of rotatable bonds is 4. The first-order chi connectivity index (χ1) is 9.81. The van der Waals surface area contributed by atoms with E-state index in [-0.39, 0.29) is 17.1 Å². The van der Waals surface area contributed by atoms with Crippen molar-refractivity contribution in [1.29, 1.82) is 0 Å². The van der Waals surface area contributed by atoms with Crippen LogP contribution < -0.4 is 10.5 Å². The lowest BCUT2D eigenvalue weighted by molar-refractivity contribution is 0.580. The highest BCUT2D eigenvalue weighted by Gasteiger charge is 2.18. The first-order valence-electron chi connectivity index (χ1n) is 6.26. The minimum atomic E-state index is -3.66. The zero-order chi connectivity index (χ0) is 15.6. The van der Waals surface area contributed by atoms with Gasteiger partial charge in [0.25, 0.3) is 0 Å². The Morgan fingerprint density at radius 1 is 1.29 bits per heavy atom. The number of sulfonamides is 1. The van der Waals surface area contributed by atoms with Gasteiger partial charge in [0.2, 0.25) is 10.0 Å². The first kappa shape index (κ1) is 15.8. The second kappa shape index (κ2) is 6.01. The molecular weight excluding hydrogens is 310 g/mol. The molecule has 1 aromatic carbocycles. The summed E-state index contributed by atoms with van der Waals surface area (Å²) in [6, 6.07) is 4.74. The minimum absolute atomic E-state index is 0.131. The van der Waals surface area contributed by atoms with Crippen LogP contribution in [0.25, 0.3) is 0 Å². The summed E-state index contributed by atoms with van der Waals surface area (Å²) < 4.78 is 27.3. The number of hydrogen-bond donors (Lipinski definition) is 2. The molecule has 0 aliphatic carbocycles. The van der Waals surface area contributed by atoms with Crippen molar-refractivity contribution >= 4 is 27.3 Å². The van der Waals surface area contributed by atoms with Gasteiger partial charge < -0.3 is 5.73 Å². The molecule has 0 saturated heterocycles. The summed E-state index contributed by atoms with van der Waals surface area (Å²) in [5, 5.41) is 0.342. The van der Waals surface area contributed by atoms with E-state index in [0.29, 0.717) is 10.6 Å². The zero-order valence-electron chi connectivity index (χ0n) is 11.7. The molecule has 0 spiro atoms. The van der Waals surface area contributed by atoms with E-state index < -0.39 is 10.0 Å². The number of anilines is 1. The number of nitrogens with zero attached hydrogens (tertiary/aromatic N) is 1. The van der Waals surface area contributed by atoms with Crippen molar-refractivity contribution in [3.8, 4) is 0 Å². The van der Waals surface area contributed by atoms with Crippen LogP contribution in [0.4, 0.5) is 5.69 Å². The molecular formula is C14H16ClN3O2S. The average molecular weight is 326 g/mol. The van der Waals surface area contributed by atoms with E-state index in [1.54, 1.807) is 25.4 Å². The van der Waals surface area contributed by atoms with Crippen LogP contribution >= 0.6 is 11.6 Å². The normalized spacial score (nSPS) is 11.6. The van der Waals surface area contributed by atoms with E-state index in [0.717, 1.165) is 11.1 Å². The molecule has 0 aliphatic heterocycles. The SMILES string of the molecule is Cc1ccncc1CNS(=O)(=O)c1cc(N)c(Cl)cc1C. The van der Waals surface area contributed by atoms with Gasteiger partial charge in [-0.2, -0.15) is 0 Å². The third-order valence-electron chi connectivity index (χ3n) is 3.18. The molecule has 0 aliphatic rings. The van der Waals surface area contributed by atoms with Gasteiger partial charge in [-0.1, -0.05) is 11.6 Å². The lowest BCUT2D eigenvalue weighted by atomic mass is 10.2. The van der Waals surface area contributed by atoms with Crippen LogP contribution in [-0.4, -0.2) is 13.4 Å². The topological polar surface area (TPSA) is 85.1 Å². The van der Waals surface area contributed by atoms with Crippen molar-refractivity contribution in [3.63, 3.8) is 0 Å². The van der Waals surface area contributed by atoms with Gasteiger partial charge in [-0.05, 0) is 48.7 Å². The van der Waals surface area contributed by atoms with Crippen LogP contribution in [0.5, 0.6) is 0 Å². The Hall–Kier alpha value is -1.63. The van der Waals surface area contributed by atoms with Gasteiger partial charge in [-0.25, -0.2) is 13.1 Å². The van der Waals surface area contributed by atoms with Crippen LogP contribution in [0.2, 0.25) is 5.02 Å². The van der Waals surface area contributed by atoms with Crippen molar-refractivity contribution in [3.05, 3.63) is 52.3 Å². The maximum atomic E-state index is 12.4. The van der Waals surface area contributed by atoms with Gasteiger partial charge in [0, 0.05) is 18.9 Å². The molecule has 7 heteroatoms. The Kier molecular flexibility index (Phi) is 4.51. The summed E-state index contributed by atoms with van der Waals surface area (Å²) in [5.74, 6) is 0. The van der Waals surface area contributed by atoms with Gasteiger partial charge >= 0.3 is 0 Å². The Morgan fingerprint density at radius 2 is 2.00 bits per heavy atom.